The smallest absolute Gasteiger partial charge is 0.194 e. The van der Waals surface area contributed by atoms with Gasteiger partial charge in [-0.3, -0.25) is 0 Å². The van der Waals surface area contributed by atoms with Crippen LogP contribution in [0.5, 0.6) is 0 Å². The van der Waals surface area contributed by atoms with Crippen molar-refractivity contribution in [3.63, 3.8) is 0 Å². The van der Waals surface area contributed by atoms with Crippen molar-refractivity contribution in [2.75, 3.05) is 0 Å². The van der Waals surface area contributed by atoms with Gasteiger partial charge in [0.15, 0.2) is 5.69 Å². The number of benzene rings is 7. The minimum atomic E-state index is 0.669. The predicted octanol–water partition coefficient (Wildman–Crippen LogP) is 10.6. The molecule has 0 radical (unpaired) electrons. The fourth-order valence-corrected chi connectivity index (χ4v) is 6.62. The molecule has 2 nitrogen and oxygen atoms in total. The van der Waals surface area contributed by atoms with E-state index in [1.54, 1.807) is 0 Å². The molecule has 0 amide bonds. The lowest BCUT2D eigenvalue weighted by Crippen LogP contribution is -1.92. The van der Waals surface area contributed by atoms with Crippen molar-refractivity contribution in [1.29, 1.82) is 5.26 Å². The van der Waals surface area contributed by atoms with E-state index in [-0.39, 0.29) is 0 Å². The summed E-state index contributed by atoms with van der Waals surface area (Å²) in [6.07, 6.45) is 0. The quantitative estimate of drug-likeness (QED) is 0.215. The van der Waals surface area contributed by atoms with Crippen molar-refractivity contribution in [3.05, 3.63) is 138 Å². The van der Waals surface area contributed by atoms with Crippen LogP contribution in [0.3, 0.4) is 0 Å². The Morgan fingerprint density at radius 2 is 1.00 bits per heavy atom. The monoisotopic (exact) mass is 504 g/mol. The van der Waals surface area contributed by atoms with Crippen LogP contribution in [0, 0.1) is 17.9 Å². The van der Waals surface area contributed by atoms with E-state index in [1.807, 2.05) is 48.5 Å². The van der Waals surface area contributed by atoms with Gasteiger partial charge in [-0.2, -0.15) is 5.26 Å². The highest BCUT2D eigenvalue weighted by atomic mass is 14.6. The van der Waals surface area contributed by atoms with E-state index in [4.69, 9.17) is 6.57 Å². The van der Waals surface area contributed by atoms with Gasteiger partial charge in [0.1, 0.15) is 0 Å². The second-order valence-electron chi connectivity index (χ2n) is 10.2. The van der Waals surface area contributed by atoms with Crippen LogP contribution in [0.15, 0.2) is 121 Å². The fourth-order valence-electron chi connectivity index (χ4n) is 6.62. The van der Waals surface area contributed by atoms with Crippen molar-refractivity contribution in [1.82, 2.24) is 0 Å². The van der Waals surface area contributed by atoms with E-state index in [9.17, 15) is 5.26 Å². The summed E-state index contributed by atoms with van der Waals surface area (Å²) in [7, 11) is 0. The second kappa shape index (κ2) is 8.40. The van der Waals surface area contributed by atoms with Gasteiger partial charge < -0.3 is 0 Å². The van der Waals surface area contributed by atoms with Crippen LogP contribution in [0.1, 0.15) is 5.56 Å². The van der Waals surface area contributed by atoms with E-state index in [2.05, 4.69) is 83.7 Å². The van der Waals surface area contributed by atoms with Gasteiger partial charge in [0.2, 0.25) is 0 Å². The lowest BCUT2D eigenvalue weighted by Gasteiger charge is -2.18. The number of hydrogen-bond donors (Lipinski definition) is 0. The standard InChI is InChI=1S/C38H20N2/c1-40-35-21-20-29(27-12-4-5-13-30(27)35)32-19-18-31(28-17-16-24(22-39)25-10-2-3-11-26(25)28)37-33-14-6-8-23-9-7-15-34(36(23)33)38(32)37/h2-21H. The second-order valence-corrected chi connectivity index (χ2v) is 10.2. The molecule has 0 N–H and O–H groups in total. The summed E-state index contributed by atoms with van der Waals surface area (Å²) < 4.78 is 0. The summed E-state index contributed by atoms with van der Waals surface area (Å²) in [6, 6.07) is 44.5. The number of nitrogens with zero attached hydrogens (tertiary/aromatic N) is 2. The lowest BCUT2D eigenvalue weighted by atomic mass is 9.85. The van der Waals surface area contributed by atoms with Gasteiger partial charge in [-0.05, 0) is 77.5 Å². The van der Waals surface area contributed by atoms with Crippen LogP contribution < -0.4 is 0 Å². The molecule has 0 atom stereocenters. The first-order chi connectivity index (χ1) is 19.8. The first-order valence-corrected chi connectivity index (χ1v) is 13.3. The van der Waals surface area contributed by atoms with Crippen LogP contribution in [-0.2, 0) is 0 Å². The van der Waals surface area contributed by atoms with Gasteiger partial charge in [-0.15, -0.1) is 0 Å². The molecule has 0 heterocycles. The van der Waals surface area contributed by atoms with E-state index in [0.29, 0.717) is 11.3 Å². The first kappa shape index (κ1) is 22.3. The number of hydrogen-bond acceptors (Lipinski definition) is 1. The lowest BCUT2D eigenvalue weighted by molar-refractivity contribution is 1.50. The Labute approximate surface area is 231 Å². The predicted molar refractivity (Wildman–Crippen MR) is 165 cm³/mol. The van der Waals surface area contributed by atoms with Crippen molar-refractivity contribution in [2.45, 2.75) is 0 Å². The number of rotatable bonds is 2. The molecule has 0 aliphatic heterocycles. The minimum Gasteiger partial charge on any atom is -0.238 e. The molecular weight excluding hydrogens is 484 g/mol. The van der Waals surface area contributed by atoms with Crippen molar-refractivity contribution >= 4 is 38.0 Å². The van der Waals surface area contributed by atoms with Crippen molar-refractivity contribution in [3.8, 4) is 50.6 Å². The van der Waals surface area contributed by atoms with Gasteiger partial charge in [0.05, 0.1) is 18.2 Å². The molecule has 0 aromatic heterocycles. The zero-order valence-electron chi connectivity index (χ0n) is 21.4. The Bertz CT molecular complexity index is 2130. The molecule has 7 aromatic rings. The van der Waals surface area contributed by atoms with E-state index < -0.39 is 0 Å². The van der Waals surface area contributed by atoms with Crippen LogP contribution >= 0.6 is 0 Å². The maximum atomic E-state index is 9.79. The summed E-state index contributed by atoms with van der Waals surface area (Å²) in [6.45, 7) is 7.71. The third-order valence-corrected chi connectivity index (χ3v) is 8.30. The molecule has 2 heteroatoms. The van der Waals surface area contributed by atoms with Gasteiger partial charge in [0, 0.05) is 5.39 Å². The SMILES string of the molecule is [C-]#[N+]c1ccc(-c2ccc(-c3ccc(C#N)c4ccccc34)c3c2-c2cccc4cccc-3c24)c2ccccc12. The minimum absolute atomic E-state index is 0.669. The third kappa shape index (κ3) is 2.97. The van der Waals surface area contributed by atoms with Gasteiger partial charge in [-0.1, -0.05) is 115 Å². The molecule has 182 valence electrons. The molecule has 0 fully saturated rings. The molecule has 0 spiro atoms. The Balaban J connectivity index is 1.52. The summed E-state index contributed by atoms with van der Waals surface area (Å²) >= 11 is 0. The summed E-state index contributed by atoms with van der Waals surface area (Å²) in [4.78, 5) is 3.79. The average Bonchev–Trinajstić information content (AvgIpc) is 3.36. The zero-order valence-corrected chi connectivity index (χ0v) is 21.4. The Morgan fingerprint density at radius 1 is 0.475 bits per heavy atom. The first-order valence-electron chi connectivity index (χ1n) is 13.3. The Morgan fingerprint density at radius 3 is 1.60 bits per heavy atom. The maximum absolute atomic E-state index is 9.79. The molecular formula is C38H20N2. The van der Waals surface area contributed by atoms with Crippen LogP contribution in [0.25, 0.3) is 81.7 Å². The van der Waals surface area contributed by atoms with Gasteiger partial charge >= 0.3 is 0 Å². The summed E-state index contributed by atoms with van der Waals surface area (Å²) in [5, 5.41) is 16.4. The number of nitriles is 1. The molecule has 1 aliphatic carbocycles. The molecule has 0 unspecified atom stereocenters. The molecule has 1 aliphatic rings. The topological polar surface area (TPSA) is 28.1 Å². The van der Waals surface area contributed by atoms with Crippen molar-refractivity contribution in [2.24, 2.45) is 0 Å². The van der Waals surface area contributed by atoms with Crippen LogP contribution in [0.4, 0.5) is 5.69 Å². The Kier molecular flexibility index (Phi) is 4.68. The molecule has 8 rings (SSSR count). The molecule has 7 aromatic carbocycles. The highest BCUT2D eigenvalue weighted by Gasteiger charge is 2.28. The van der Waals surface area contributed by atoms with E-state index >= 15 is 0 Å². The largest absolute Gasteiger partial charge is 0.238 e. The molecule has 0 saturated heterocycles. The summed E-state index contributed by atoms with van der Waals surface area (Å²) in [5.74, 6) is 0. The normalized spacial score (nSPS) is 11.4. The zero-order chi connectivity index (χ0) is 26.8. The third-order valence-electron chi connectivity index (χ3n) is 8.30. The average molecular weight is 505 g/mol. The van der Waals surface area contributed by atoms with Gasteiger partial charge in [-0.25, -0.2) is 4.85 Å². The highest BCUT2D eigenvalue weighted by molar-refractivity contribution is 6.23. The summed E-state index contributed by atoms with van der Waals surface area (Å²) in [5.41, 5.74) is 10.8. The van der Waals surface area contributed by atoms with E-state index in [0.717, 1.165) is 43.8 Å². The fraction of sp³-hybridized carbons (Fsp3) is 0. The molecule has 0 bridgehead atoms. The molecule has 0 saturated carbocycles. The van der Waals surface area contributed by atoms with Crippen LogP contribution in [-0.4, -0.2) is 0 Å². The molecule has 40 heavy (non-hydrogen) atoms. The van der Waals surface area contributed by atoms with E-state index in [1.165, 1.54) is 33.0 Å². The maximum Gasteiger partial charge on any atom is 0.194 e. The Hall–Kier alpha value is -5.70. The number of fused-ring (bicyclic) bond motifs is 5. The van der Waals surface area contributed by atoms with Gasteiger partial charge in [0.25, 0.3) is 0 Å². The highest BCUT2D eigenvalue weighted by Crippen LogP contribution is 2.55. The van der Waals surface area contributed by atoms with Crippen molar-refractivity contribution < 1.29 is 0 Å². The van der Waals surface area contributed by atoms with Crippen LogP contribution in [0.2, 0.25) is 0 Å².